The fourth-order valence-corrected chi connectivity index (χ4v) is 7.32. The van der Waals surface area contributed by atoms with Crippen LogP contribution in [0.3, 0.4) is 0 Å². The highest BCUT2D eigenvalue weighted by Gasteiger charge is 2.50. The minimum Gasteiger partial charge on any atom is -0.497 e. The third-order valence-electron chi connectivity index (χ3n) is 7.30. The normalized spacial score (nSPS) is 30.1. The molecule has 5 atom stereocenters. The Bertz CT molecular complexity index is 1090. The van der Waals surface area contributed by atoms with Crippen LogP contribution in [0.2, 0.25) is 0 Å². The molecule has 0 aromatic heterocycles. The molecular weight excluding hydrogens is 416 g/mol. The lowest BCUT2D eigenvalue weighted by atomic mass is 9.67. The van der Waals surface area contributed by atoms with Crippen LogP contribution in [-0.2, 0) is 10.0 Å². The van der Waals surface area contributed by atoms with Crippen LogP contribution in [0.5, 0.6) is 5.75 Å². The number of hydrogen-bond donors (Lipinski definition) is 2. The van der Waals surface area contributed by atoms with Gasteiger partial charge in [0.1, 0.15) is 5.75 Å². The fourth-order valence-electron chi connectivity index (χ4n) is 5.79. The number of likely N-dealkylation sites (N-methyl/N-ethyl adjacent to an activating group) is 1. The van der Waals surface area contributed by atoms with E-state index in [9.17, 15) is 18.6 Å². The molecule has 2 aromatic rings. The Labute approximate surface area is 182 Å². The highest BCUT2D eigenvalue weighted by molar-refractivity contribution is 7.92. The maximum Gasteiger partial charge on any atom is 0.264 e. The summed E-state index contributed by atoms with van der Waals surface area (Å²) in [5.41, 5.74) is 2.76. The van der Waals surface area contributed by atoms with Gasteiger partial charge in [-0.1, -0.05) is 12.1 Å². The second-order valence-corrected chi connectivity index (χ2v) is 10.8. The molecule has 2 heterocycles. The van der Waals surface area contributed by atoms with Gasteiger partial charge >= 0.3 is 0 Å². The molecule has 7 nitrogen and oxygen atoms in total. The molecular formula is C23H28N2O5S. The molecule has 1 aliphatic carbocycles. The molecule has 1 saturated heterocycles. The number of methoxy groups -OCH3 is 1. The predicted octanol–water partition coefficient (Wildman–Crippen LogP) is 1.76. The van der Waals surface area contributed by atoms with Crippen LogP contribution < -0.4 is 9.04 Å². The highest BCUT2D eigenvalue weighted by Crippen LogP contribution is 2.53. The zero-order valence-corrected chi connectivity index (χ0v) is 18.5. The topological polar surface area (TPSA) is 90.3 Å². The van der Waals surface area contributed by atoms with Crippen LogP contribution in [-0.4, -0.2) is 69.5 Å². The number of aliphatic hydroxyl groups excluding tert-OH is 2. The van der Waals surface area contributed by atoms with Crippen LogP contribution in [0.4, 0.5) is 5.69 Å². The Morgan fingerprint density at radius 1 is 1.13 bits per heavy atom. The van der Waals surface area contributed by atoms with Gasteiger partial charge in [-0.25, -0.2) is 8.42 Å². The van der Waals surface area contributed by atoms with Crippen LogP contribution in [0.25, 0.3) is 0 Å². The van der Waals surface area contributed by atoms with E-state index in [1.807, 2.05) is 25.2 Å². The number of piperidine rings is 1. The standard InChI is InChI=1S/C23H28N2O5S/c1-24-11-15(13-26)23(27)22-18-4-3-5-19-21(18)14(10-20(22)24)12-25(19)31(28,29)17-8-6-16(30-2)7-9-17/h3-9,14-15,20,22-23,26-27H,10-13H2,1-2H3/t14-,15-,20-,22+,23+/m0/s1. The summed E-state index contributed by atoms with van der Waals surface area (Å²) in [5.74, 6) is 0.351. The molecule has 3 aliphatic rings. The molecule has 1 fully saturated rings. The average molecular weight is 445 g/mol. The Hall–Kier alpha value is -2.13. The second-order valence-electron chi connectivity index (χ2n) is 8.89. The van der Waals surface area contributed by atoms with Crippen molar-refractivity contribution in [2.24, 2.45) is 5.92 Å². The maximum atomic E-state index is 13.5. The largest absolute Gasteiger partial charge is 0.497 e. The second kappa shape index (κ2) is 7.48. The third kappa shape index (κ3) is 3.08. The molecule has 0 radical (unpaired) electrons. The van der Waals surface area contributed by atoms with E-state index in [0.717, 1.165) is 17.5 Å². The third-order valence-corrected chi connectivity index (χ3v) is 9.10. The summed E-state index contributed by atoms with van der Waals surface area (Å²) < 4.78 is 33.7. The number of hydrogen-bond acceptors (Lipinski definition) is 6. The molecule has 31 heavy (non-hydrogen) atoms. The Morgan fingerprint density at radius 3 is 2.55 bits per heavy atom. The smallest absolute Gasteiger partial charge is 0.264 e. The number of fused-ring (bicyclic) bond motifs is 2. The minimum absolute atomic E-state index is 0.0643. The first-order valence-electron chi connectivity index (χ1n) is 10.7. The number of nitrogens with zero attached hydrogens (tertiary/aromatic N) is 2. The van der Waals surface area contributed by atoms with E-state index in [1.165, 1.54) is 4.31 Å². The van der Waals surface area contributed by atoms with Crippen LogP contribution in [0.15, 0.2) is 47.4 Å². The van der Waals surface area contributed by atoms with Gasteiger partial charge in [0.2, 0.25) is 0 Å². The van der Waals surface area contributed by atoms with Crippen molar-refractivity contribution >= 4 is 15.7 Å². The number of sulfonamides is 1. The van der Waals surface area contributed by atoms with Gasteiger partial charge in [0.25, 0.3) is 10.0 Å². The molecule has 0 saturated carbocycles. The van der Waals surface area contributed by atoms with Gasteiger partial charge in [-0.05, 0) is 54.9 Å². The zero-order valence-electron chi connectivity index (χ0n) is 17.7. The molecule has 166 valence electrons. The highest BCUT2D eigenvalue weighted by atomic mass is 32.2. The first-order valence-corrected chi connectivity index (χ1v) is 12.1. The average Bonchev–Trinajstić information content (AvgIpc) is 3.17. The molecule has 0 amide bonds. The zero-order chi connectivity index (χ0) is 21.9. The molecule has 0 spiro atoms. The van der Waals surface area contributed by atoms with Gasteiger partial charge in [-0.3, -0.25) is 4.31 Å². The lowest BCUT2D eigenvalue weighted by Crippen LogP contribution is -2.55. The Kier molecular flexibility index (Phi) is 5.01. The van der Waals surface area contributed by atoms with Crippen LogP contribution in [0.1, 0.15) is 29.4 Å². The quantitative estimate of drug-likeness (QED) is 0.747. The molecule has 8 heteroatoms. The number of benzene rings is 2. The first-order chi connectivity index (χ1) is 14.9. The van der Waals surface area contributed by atoms with Crippen molar-refractivity contribution < 1.29 is 23.4 Å². The van der Waals surface area contributed by atoms with E-state index in [4.69, 9.17) is 4.74 Å². The van der Waals surface area contributed by atoms with Gasteiger partial charge in [0.15, 0.2) is 0 Å². The van der Waals surface area contributed by atoms with Crippen LogP contribution >= 0.6 is 0 Å². The summed E-state index contributed by atoms with van der Waals surface area (Å²) in [6.07, 6.45) is 0.139. The minimum atomic E-state index is -3.72. The summed E-state index contributed by atoms with van der Waals surface area (Å²) in [5, 5.41) is 20.8. The van der Waals surface area contributed by atoms with Crippen molar-refractivity contribution in [2.45, 2.75) is 35.3 Å². The number of ether oxygens (including phenoxy) is 1. The maximum absolute atomic E-state index is 13.5. The van der Waals surface area contributed by atoms with Crippen molar-refractivity contribution in [3.05, 3.63) is 53.6 Å². The van der Waals surface area contributed by atoms with Crippen molar-refractivity contribution in [3.8, 4) is 5.75 Å². The molecule has 0 unspecified atom stereocenters. The van der Waals surface area contributed by atoms with Crippen LogP contribution in [0, 0.1) is 5.92 Å². The van der Waals surface area contributed by atoms with Gasteiger partial charge in [-0.15, -0.1) is 0 Å². The molecule has 2 aliphatic heterocycles. The van der Waals surface area contributed by atoms with E-state index < -0.39 is 16.1 Å². The molecule has 5 rings (SSSR count). The van der Waals surface area contributed by atoms with Crippen molar-refractivity contribution in [1.82, 2.24) is 4.90 Å². The van der Waals surface area contributed by atoms with E-state index in [2.05, 4.69) is 4.90 Å². The summed E-state index contributed by atoms with van der Waals surface area (Å²) in [7, 11) is -0.143. The Morgan fingerprint density at radius 2 is 1.87 bits per heavy atom. The summed E-state index contributed by atoms with van der Waals surface area (Å²) >= 11 is 0. The first kappa shape index (κ1) is 20.8. The van der Waals surface area contributed by atoms with Gasteiger partial charge in [0, 0.05) is 43.5 Å². The predicted molar refractivity (Wildman–Crippen MR) is 117 cm³/mol. The van der Waals surface area contributed by atoms with E-state index in [1.54, 1.807) is 31.4 Å². The number of aliphatic hydroxyl groups is 2. The van der Waals surface area contributed by atoms with Crippen molar-refractivity contribution in [1.29, 1.82) is 0 Å². The van der Waals surface area contributed by atoms with E-state index >= 15 is 0 Å². The van der Waals surface area contributed by atoms with E-state index in [0.29, 0.717) is 24.5 Å². The van der Waals surface area contributed by atoms with Crippen molar-refractivity contribution in [2.75, 3.05) is 38.2 Å². The molecule has 2 aromatic carbocycles. The van der Waals surface area contributed by atoms with Gasteiger partial charge in [-0.2, -0.15) is 0 Å². The number of rotatable bonds is 4. The summed E-state index contributed by atoms with van der Waals surface area (Å²) in [6, 6.07) is 12.3. The lowest BCUT2D eigenvalue weighted by Gasteiger charge is -2.49. The van der Waals surface area contributed by atoms with Gasteiger partial charge < -0.3 is 19.8 Å². The lowest BCUT2D eigenvalue weighted by molar-refractivity contribution is -0.0436. The summed E-state index contributed by atoms with van der Waals surface area (Å²) in [6.45, 7) is 0.969. The SMILES string of the molecule is COc1ccc(S(=O)(=O)N2C[C@@H]3C[C@H]4[C@@H](c5cccc2c53)[C@H](O)[C@H](CO)CN4C)cc1. The summed E-state index contributed by atoms with van der Waals surface area (Å²) in [4.78, 5) is 2.45. The van der Waals surface area contributed by atoms with Crippen molar-refractivity contribution in [3.63, 3.8) is 0 Å². The Balaban J connectivity index is 1.57. The number of likely N-dealkylation sites (tertiary alicyclic amines) is 1. The van der Waals surface area contributed by atoms with E-state index in [-0.39, 0.29) is 35.3 Å². The monoisotopic (exact) mass is 444 g/mol. The molecule has 2 N–H and O–H groups in total. The number of anilines is 1. The van der Waals surface area contributed by atoms with Gasteiger partial charge in [0.05, 0.1) is 23.8 Å². The fraction of sp³-hybridized carbons (Fsp3) is 0.478. The molecule has 0 bridgehead atoms.